The van der Waals surface area contributed by atoms with Crippen molar-refractivity contribution in [3.05, 3.63) is 71.8 Å². The van der Waals surface area contributed by atoms with Gasteiger partial charge < -0.3 is 15.2 Å². The molecule has 2 aromatic carbocycles. The summed E-state index contributed by atoms with van der Waals surface area (Å²) in [6.07, 6.45) is -0.216. The number of benzene rings is 2. The first-order chi connectivity index (χ1) is 11.1. The van der Waals surface area contributed by atoms with Gasteiger partial charge in [0.2, 0.25) is 5.91 Å². The van der Waals surface area contributed by atoms with Crippen molar-refractivity contribution in [1.29, 1.82) is 0 Å². The summed E-state index contributed by atoms with van der Waals surface area (Å²) in [6, 6.07) is 19.1. The largest absolute Gasteiger partial charge is 0.388 e. The molecule has 0 radical (unpaired) electrons. The molecule has 0 fully saturated rings. The minimum Gasteiger partial charge on any atom is -0.388 e. The van der Waals surface area contributed by atoms with Crippen molar-refractivity contribution >= 4 is 5.91 Å². The summed E-state index contributed by atoms with van der Waals surface area (Å²) in [5, 5.41) is 13.2. The minimum absolute atomic E-state index is 0.126. The molecule has 4 nitrogen and oxygen atoms in total. The van der Waals surface area contributed by atoms with Crippen LogP contribution in [-0.2, 0) is 16.1 Å². The highest BCUT2D eigenvalue weighted by Gasteiger charge is 2.17. The van der Waals surface area contributed by atoms with Crippen molar-refractivity contribution in [2.45, 2.75) is 32.1 Å². The highest BCUT2D eigenvalue weighted by molar-refractivity contribution is 5.73. The summed E-state index contributed by atoms with van der Waals surface area (Å²) in [5.41, 5.74) is 1.92. The quantitative estimate of drug-likeness (QED) is 0.788. The third kappa shape index (κ3) is 6.22. The second-order valence-electron chi connectivity index (χ2n) is 5.56. The number of nitrogens with one attached hydrogen (secondary N) is 1. The fraction of sp³-hybridized carbons (Fsp3) is 0.316. The Morgan fingerprint density at radius 2 is 1.70 bits per heavy atom. The molecule has 0 aliphatic heterocycles. The third-order valence-electron chi connectivity index (χ3n) is 3.53. The maximum Gasteiger partial charge on any atom is 0.217 e. The second-order valence-corrected chi connectivity index (χ2v) is 5.56. The predicted octanol–water partition coefficient (Wildman–Crippen LogP) is 2.83. The van der Waals surface area contributed by atoms with Gasteiger partial charge in [-0.05, 0) is 17.5 Å². The molecule has 0 saturated carbocycles. The van der Waals surface area contributed by atoms with Gasteiger partial charge in [-0.1, -0.05) is 60.7 Å². The monoisotopic (exact) mass is 313 g/mol. The number of carbonyl (C=O) groups is 1. The first kappa shape index (κ1) is 17.2. The number of amides is 1. The Labute approximate surface area is 137 Å². The molecule has 0 heterocycles. The maximum atomic E-state index is 11.4. The zero-order chi connectivity index (χ0) is 16.5. The van der Waals surface area contributed by atoms with Gasteiger partial charge >= 0.3 is 0 Å². The van der Waals surface area contributed by atoms with Gasteiger partial charge in [-0.15, -0.1) is 0 Å². The van der Waals surface area contributed by atoms with Crippen molar-refractivity contribution in [3.8, 4) is 0 Å². The molecule has 0 aliphatic carbocycles. The molecule has 0 spiro atoms. The van der Waals surface area contributed by atoms with E-state index < -0.39 is 6.10 Å². The minimum atomic E-state index is -0.631. The molecule has 1 amide bonds. The lowest BCUT2D eigenvalue weighted by Gasteiger charge is -2.21. The van der Waals surface area contributed by atoms with E-state index in [1.54, 1.807) is 0 Å². The zero-order valence-electron chi connectivity index (χ0n) is 13.3. The Hall–Kier alpha value is -2.17. The number of rotatable bonds is 8. The van der Waals surface area contributed by atoms with Crippen LogP contribution in [0, 0.1) is 0 Å². The highest BCUT2D eigenvalue weighted by Crippen LogP contribution is 2.18. The molecule has 0 bridgehead atoms. The van der Waals surface area contributed by atoms with Crippen molar-refractivity contribution < 1.29 is 14.6 Å². The molecule has 2 rings (SSSR count). The Morgan fingerprint density at radius 1 is 1.09 bits per heavy atom. The van der Waals surface area contributed by atoms with Gasteiger partial charge in [0.1, 0.15) is 0 Å². The van der Waals surface area contributed by atoms with E-state index in [1.165, 1.54) is 6.92 Å². The third-order valence-corrected chi connectivity index (χ3v) is 3.53. The number of hydrogen-bond acceptors (Lipinski definition) is 3. The molecule has 122 valence electrons. The average molecular weight is 313 g/mol. The Morgan fingerprint density at radius 3 is 2.30 bits per heavy atom. The van der Waals surface area contributed by atoms with Crippen LogP contribution in [0.25, 0.3) is 0 Å². The van der Waals surface area contributed by atoms with Crippen LogP contribution >= 0.6 is 0 Å². The van der Waals surface area contributed by atoms with E-state index in [1.807, 2.05) is 60.7 Å². The first-order valence-corrected chi connectivity index (χ1v) is 7.77. The predicted molar refractivity (Wildman–Crippen MR) is 89.7 cm³/mol. The molecule has 0 aliphatic rings. The van der Waals surface area contributed by atoms with Crippen molar-refractivity contribution in [2.24, 2.45) is 0 Å². The molecule has 2 atom stereocenters. The van der Waals surface area contributed by atoms with Gasteiger partial charge in [-0.3, -0.25) is 4.79 Å². The van der Waals surface area contributed by atoms with E-state index in [9.17, 15) is 9.90 Å². The summed E-state index contributed by atoms with van der Waals surface area (Å²) in [6.45, 7) is 2.32. The van der Waals surface area contributed by atoms with E-state index in [-0.39, 0.29) is 11.9 Å². The average Bonchev–Trinajstić information content (AvgIpc) is 2.56. The first-order valence-electron chi connectivity index (χ1n) is 7.77. The topological polar surface area (TPSA) is 58.6 Å². The Bertz CT molecular complexity index is 586. The van der Waals surface area contributed by atoms with Crippen LogP contribution in [0.5, 0.6) is 0 Å². The lowest BCUT2D eigenvalue weighted by molar-refractivity contribution is -0.120. The molecule has 0 aromatic heterocycles. The summed E-state index contributed by atoms with van der Waals surface area (Å²) >= 11 is 0. The molecule has 0 saturated heterocycles. The van der Waals surface area contributed by atoms with E-state index in [0.717, 1.165) is 11.1 Å². The van der Waals surface area contributed by atoms with Gasteiger partial charge in [0.05, 0.1) is 25.4 Å². The van der Waals surface area contributed by atoms with Crippen LogP contribution in [0.3, 0.4) is 0 Å². The van der Waals surface area contributed by atoms with E-state index in [0.29, 0.717) is 19.6 Å². The molecule has 4 heteroatoms. The van der Waals surface area contributed by atoms with Crippen molar-refractivity contribution in [1.82, 2.24) is 5.32 Å². The van der Waals surface area contributed by atoms with Gasteiger partial charge in [0.15, 0.2) is 0 Å². The van der Waals surface area contributed by atoms with Crippen LogP contribution in [0.2, 0.25) is 0 Å². The van der Waals surface area contributed by atoms with Gasteiger partial charge in [0, 0.05) is 6.92 Å². The molecule has 0 unspecified atom stereocenters. The number of aliphatic hydroxyl groups is 1. The normalized spacial score (nSPS) is 13.3. The van der Waals surface area contributed by atoms with Gasteiger partial charge in [-0.2, -0.15) is 0 Å². The van der Waals surface area contributed by atoms with Gasteiger partial charge in [-0.25, -0.2) is 0 Å². The zero-order valence-corrected chi connectivity index (χ0v) is 13.3. The Kier molecular flexibility index (Phi) is 6.78. The van der Waals surface area contributed by atoms with Crippen LogP contribution in [0.15, 0.2) is 60.7 Å². The van der Waals surface area contributed by atoms with Crippen molar-refractivity contribution in [2.75, 3.05) is 6.61 Å². The highest BCUT2D eigenvalue weighted by atomic mass is 16.5. The Balaban J connectivity index is 1.87. The van der Waals surface area contributed by atoms with E-state index >= 15 is 0 Å². The molecule has 23 heavy (non-hydrogen) atoms. The lowest BCUT2D eigenvalue weighted by Crippen LogP contribution is -2.38. The molecular formula is C19H23NO3. The fourth-order valence-electron chi connectivity index (χ4n) is 2.43. The summed E-state index contributed by atoms with van der Waals surface area (Å²) < 4.78 is 5.69. The number of hydrogen-bond donors (Lipinski definition) is 2. The molecular weight excluding hydrogens is 290 g/mol. The van der Waals surface area contributed by atoms with Crippen LogP contribution in [-0.4, -0.2) is 23.7 Å². The fourth-order valence-corrected chi connectivity index (χ4v) is 2.43. The van der Waals surface area contributed by atoms with Crippen LogP contribution in [0.1, 0.15) is 30.6 Å². The van der Waals surface area contributed by atoms with Gasteiger partial charge in [0.25, 0.3) is 0 Å². The maximum absolute atomic E-state index is 11.4. The molecule has 2 aromatic rings. The number of carbonyl (C=O) groups excluding carboxylic acids is 1. The van der Waals surface area contributed by atoms with Crippen molar-refractivity contribution in [3.63, 3.8) is 0 Å². The number of ether oxygens (including phenoxy) is 1. The number of aliphatic hydroxyl groups excluding tert-OH is 1. The molecule has 2 N–H and O–H groups in total. The summed E-state index contributed by atoms with van der Waals surface area (Å²) in [4.78, 5) is 11.4. The SMILES string of the molecule is CC(=O)N[C@@H](COCc1ccccc1)C[C@H](O)c1ccccc1. The van der Waals surface area contributed by atoms with E-state index in [2.05, 4.69) is 5.32 Å². The smallest absolute Gasteiger partial charge is 0.217 e. The lowest BCUT2D eigenvalue weighted by atomic mass is 10.0. The van der Waals surface area contributed by atoms with Crippen LogP contribution < -0.4 is 5.32 Å². The van der Waals surface area contributed by atoms with E-state index in [4.69, 9.17) is 4.74 Å². The summed E-state index contributed by atoms with van der Waals surface area (Å²) in [7, 11) is 0. The second kappa shape index (κ2) is 9.08. The standard InChI is InChI=1S/C19H23NO3/c1-15(21)20-18(12-19(22)17-10-6-3-7-11-17)14-23-13-16-8-4-2-5-9-16/h2-11,18-19,22H,12-14H2,1H3,(H,20,21)/t18-,19+/m1/s1. The van der Waals surface area contributed by atoms with Crippen LogP contribution in [0.4, 0.5) is 0 Å². The summed E-state index contributed by atoms with van der Waals surface area (Å²) in [5.74, 6) is -0.126.